The van der Waals surface area contributed by atoms with Gasteiger partial charge in [0.15, 0.2) is 0 Å². The van der Waals surface area contributed by atoms with Crippen LogP contribution in [-0.4, -0.2) is 13.1 Å². The van der Waals surface area contributed by atoms with Crippen molar-refractivity contribution in [1.82, 2.24) is 5.32 Å². The Morgan fingerprint density at radius 2 is 2.12 bits per heavy atom. The molecular weight excluding hydrogens is 194 g/mol. The molecule has 2 aliphatic rings. The quantitative estimate of drug-likeness (QED) is 0.647. The lowest BCUT2D eigenvalue weighted by Crippen LogP contribution is -2.22. The first-order valence-corrected chi connectivity index (χ1v) is 7.50. The fourth-order valence-electron chi connectivity index (χ4n) is 3.86. The van der Waals surface area contributed by atoms with Crippen LogP contribution in [0.3, 0.4) is 0 Å². The van der Waals surface area contributed by atoms with E-state index in [1.54, 1.807) is 25.7 Å². The number of hydrogen-bond acceptors (Lipinski definition) is 1. The maximum atomic E-state index is 3.54. The first kappa shape index (κ1) is 12.4. The molecule has 2 saturated carbocycles. The standard InChI is InChI=1S/C15H29N/c1-3-8-16-11-12(2)4-6-14-9-13-5-7-15(14)10-13/h12-16H,3-11H2,1-2H3. The molecular formula is C15H29N. The fraction of sp³-hybridized carbons (Fsp3) is 1.00. The van der Waals surface area contributed by atoms with Crippen LogP contribution in [-0.2, 0) is 0 Å². The van der Waals surface area contributed by atoms with Gasteiger partial charge < -0.3 is 5.32 Å². The molecule has 1 N–H and O–H groups in total. The minimum absolute atomic E-state index is 0.880. The van der Waals surface area contributed by atoms with Gasteiger partial charge in [0.1, 0.15) is 0 Å². The Bertz CT molecular complexity index is 202. The van der Waals surface area contributed by atoms with Crippen molar-refractivity contribution in [1.29, 1.82) is 0 Å². The summed E-state index contributed by atoms with van der Waals surface area (Å²) < 4.78 is 0. The van der Waals surface area contributed by atoms with Crippen molar-refractivity contribution < 1.29 is 0 Å². The van der Waals surface area contributed by atoms with Crippen LogP contribution >= 0.6 is 0 Å². The minimum Gasteiger partial charge on any atom is -0.316 e. The normalized spacial score (nSPS) is 34.5. The van der Waals surface area contributed by atoms with E-state index in [4.69, 9.17) is 0 Å². The average molecular weight is 223 g/mol. The highest BCUT2D eigenvalue weighted by Crippen LogP contribution is 2.50. The summed E-state index contributed by atoms with van der Waals surface area (Å²) in [5, 5.41) is 3.54. The molecule has 2 bridgehead atoms. The Hall–Kier alpha value is -0.0400. The molecule has 1 nitrogen and oxygen atoms in total. The van der Waals surface area contributed by atoms with Crippen molar-refractivity contribution in [2.45, 2.75) is 58.8 Å². The molecule has 0 aliphatic heterocycles. The van der Waals surface area contributed by atoms with Crippen molar-refractivity contribution in [3.63, 3.8) is 0 Å². The van der Waals surface area contributed by atoms with Gasteiger partial charge in [0, 0.05) is 0 Å². The topological polar surface area (TPSA) is 12.0 Å². The second-order valence-corrected chi connectivity index (χ2v) is 6.32. The summed E-state index contributed by atoms with van der Waals surface area (Å²) in [6.07, 6.45) is 10.5. The summed E-state index contributed by atoms with van der Waals surface area (Å²) in [5.41, 5.74) is 0. The molecule has 0 heterocycles. The SMILES string of the molecule is CCCNCC(C)CCC1CC2CCC1C2. The molecule has 2 fully saturated rings. The maximum Gasteiger partial charge on any atom is -0.00232 e. The lowest BCUT2D eigenvalue weighted by atomic mass is 9.84. The summed E-state index contributed by atoms with van der Waals surface area (Å²) in [6, 6.07) is 0. The van der Waals surface area contributed by atoms with Crippen molar-refractivity contribution in [2.24, 2.45) is 23.7 Å². The highest BCUT2D eigenvalue weighted by Gasteiger charge is 2.38. The molecule has 4 atom stereocenters. The Labute approximate surface area is 101 Å². The third-order valence-electron chi connectivity index (χ3n) is 4.83. The molecule has 1 heteroatoms. The van der Waals surface area contributed by atoms with E-state index >= 15 is 0 Å². The van der Waals surface area contributed by atoms with Gasteiger partial charge in [-0.1, -0.05) is 20.3 Å². The van der Waals surface area contributed by atoms with Gasteiger partial charge in [0.25, 0.3) is 0 Å². The Morgan fingerprint density at radius 1 is 1.25 bits per heavy atom. The summed E-state index contributed by atoms with van der Waals surface area (Å²) in [4.78, 5) is 0. The molecule has 0 aromatic carbocycles. The van der Waals surface area contributed by atoms with Gasteiger partial charge in [0.05, 0.1) is 0 Å². The smallest absolute Gasteiger partial charge is 0.00232 e. The van der Waals surface area contributed by atoms with Crippen molar-refractivity contribution in [3.8, 4) is 0 Å². The van der Waals surface area contributed by atoms with Crippen LogP contribution in [0.25, 0.3) is 0 Å². The third-order valence-corrected chi connectivity index (χ3v) is 4.83. The lowest BCUT2D eigenvalue weighted by molar-refractivity contribution is 0.289. The Morgan fingerprint density at radius 3 is 2.75 bits per heavy atom. The highest BCUT2D eigenvalue weighted by molar-refractivity contribution is 4.89. The average Bonchev–Trinajstić information content (AvgIpc) is 2.88. The second-order valence-electron chi connectivity index (χ2n) is 6.32. The largest absolute Gasteiger partial charge is 0.316 e. The van der Waals surface area contributed by atoms with E-state index in [0.717, 1.165) is 23.7 Å². The van der Waals surface area contributed by atoms with Crippen LogP contribution in [0, 0.1) is 23.7 Å². The van der Waals surface area contributed by atoms with Crippen LogP contribution in [0.2, 0.25) is 0 Å². The number of fused-ring (bicyclic) bond motifs is 2. The van der Waals surface area contributed by atoms with E-state index in [1.807, 2.05) is 0 Å². The molecule has 0 spiro atoms. The lowest BCUT2D eigenvalue weighted by Gasteiger charge is -2.23. The van der Waals surface area contributed by atoms with Crippen LogP contribution < -0.4 is 5.32 Å². The molecule has 16 heavy (non-hydrogen) atoms. The zero-order valence-corrected chi connectivity index (χ0v) is 11.2. The van der Waals surface area contributed by atoms with Gasteiger partial charge in [-0.15, -0.1) is 0 Å². The fourth-order valence-corrected chi connectivity index (χ4v) is 3.86. The van der Waals surface area contributed by atoms with Gasteiger partial charge in [-0.3, -0.25) is 0 Å². The van der Waals surface area contributed by atoms with Gasteiger partial charge in [-0.25, -0.2) is 0 Å². The molecule has 2 aliphatic carbocycles. The van der Waals surface area contributed by atoms with Crippen molar-refractivity contribution >= 4 is 0 Å². The maximum absolute atomic E-state index is 3.54. The van der Waals surface area contributed by atoms with Gasteiger partial charge >= 0.3 is 0 Å². The van der Waals surface area contributed by atoms with Crippen molar-refractivity contribution in [3.05, 3.63) is 0 Å². The van der Waals surface area contributed by atoms with Crippen LogP contribution in [0.4, 0.5) is 0 Å². The molecule has 2 rings (SSSR count). The zero-order chi connectivity index (χ0) is 11.4. The zero-order valence-electron chi connectivity index (χ0n) is 11.2. The van der Waals surface area contributed by atoms with Gasteiger partial charge in [-0.2, -0.15) is 0 Å². The molecule has 0 aromatic rings. The summed E-state index contributed by atoms with van der Waals surface area (Å²) in [6.45, 7) is 7.08. The Kier molecular flexibility index (Phi) is 4.69. The van der Waals surface area contributed by atoms with E-state index in [-0.39, 0.29) is 0 Å². The van der Waals surface area contributed by atoms with E-state index in [9.17, 15) is 0 Å². The first-order chi connectivity index (χ1) is 7.79. The molecule has 4 unspecified atom stereocenters. The predicted octanol–water partition coefficient (Wildman–Crippen LogP) is 3.84. The summed E-state index contributed by atoms with van der Waals surface area (Å²) in [5.74, 6) is 4.24. The number of hydrogen-bond donors (Lipinski definition) is 1. The monoisotopic (exact) mass is 223 g/mol. The molecule has 0 saturated heterocycles. The highest BCUT2D eigenvalue weighted by atomic mass is 14.8. The molecule has 0 amide bonds. The van der Waals surface area contributed by atoms with Gasteiger partial charge in [-0.05, 0) is 75.3 Å². The summed E-state index contributed by atoms with van der Waals surface area (Å²) in [7, 11) is 0. The van der Waals surface area contributed by atoms with Crippen molar-refractivity contribution in [2.75, 3.05) is 13.1 Å². The summed E-state index contributed by atoms with van der Waals surface area (Å²) >= 11 is 0. The number of rotatable bonds is 7. The first-order valence-electron chi connectivity index (χ1n) is 7.50. The second kappa shape index (κ2) is 6.05. The van der Waals surface area contributed by atoms with Crippen LogP contribution in [0.5, 0.6) is 0 Å². The molecule has 0 aromatic heterocycles. The van der Waals surface area contributed by atoms with Crippen LogP contribution in [0.1, 0.15) is 58.8 Å². The van der Waals surface area contributed by atoms with E-state index < -0.39 is 0 Å². The Balaban J connectivity index is 1.57. The van der Waals surface area contributed by atoms with Gasteiger partial charge in [0.2, 0.25) is 0 Å². The van der Waals surface area contributed by atoms with E-state index in [0.29, 0.717) is 0 Å². The van der Waals surface area contributed by atoms with Crippen LogP contribution in [0.15, 0.2) is 0 Å². The number of nitrogens with one attached hydrogen (secondary N) is 1. The molecule has 0 radical (unpaired) electrons. The third kappa shape index (κ3) is 3.23. The van der Waals surface area contributed by atoms with E-state index in [2.05, 4.69) is 19.2 Å². The molecule has 94 valence electrons. The minimum atomic E-state index is 0.880. The predicted molar refractivity (Wildman–Crippen MR) is 70.5 cm³/mol. The van der Waals surface area contributed by atoms with E-state index in [1.165, 1.54) is 32.4 Å².